The molecular formula is C8H12F2O2. The second-order valence-corrected chi connectivity index (χ2v) is 2.12. The van der Waals surface area contributed by atoms with E-state index in [1.54, 1.807) is 6.08 Å². The van der Waals surface area contributed by atoms with Crippen molar-refractivity contribution in [3.8, 4) is 0 Å². The van der Waals surface area contributed by atoms with Gasteiger partial charge < -0.3 is 9.47 Å². The molecule has 12 heavy (non-hydrogen) atoms. The van der Waals surface area contributed by atoms with Gasteiger partial charge in [0.2, 0.25) is 0 Å². The zero-order valence-corrected chi connectivity index (χ0v) is 6.76. The molecule has 0 spiro atoms. The van der Waals surface area contributed by atoms with Crippen LogP contribution in [-0.4, -0.2) is 25.9 Å². The van der Waals surface area contributed by atoms with Crippen molar-refractivity contribution in [3.05, 3.63) is 25.3 Å². The number of hydrogen-bond acceptors (Lipinski definition) is 2. The van der Waals surface area contributed by atoms with E-state index in [-0.39, 0.29) is 0 Å². The summed E-state index contributed by atoms with van der Waals surface area (Å²) in [5.41, 5.74) is 0. The number of ether oxygens (including phenoxy) is 2. The Morgan fingerprint density at radius 3 is 2.50 bits per heavy atom. The van der Waals surface area contributed by atoms with Gasteiger partial charge in [-0.1, -0.05) is 6.08 Å². The lowest BCUT2D eigenvalue weighted by Gasteiger charge is -1.92. The van der Waals surface area contributed by atoms with Crippen molar-refractivity contribution < 1.29 is 18.3 Å². The first-order valence-corrected chi connectivity index (χ1v) is 3.47. The highest BCUT2D eigenvalue weighted by atomic mass is 19.3. The molecule has 0 saturated carbocycles. The highest BCUT2D eigenvalue weighted by Crippen LogP contribution is 2.07. The van der Waals surface area contributed by atoms with E-state index in [1.807, 2.05) is 0 Å². The Kier molecular flexibility index (Phi) is 6.51. The van der Waals surface area contributed by atoms with Crippen LogP contribution in [0.3, 0.4) is 0 Å². The van der Waals surface area contributed by atoms with Gasteiger partial charge in [-0.3, -0.25) is 0 Å². The molecule has 0 aromatic heterocycles. The number of epoxide rings is 1. The molecule has 2 nitrogen and oxygen atoms in total. The van der Waals surface area contributed by atoms with E-state index in [0.717, 1.165) is 13.2 Å². The molecule has 0 aliphatic carbocycles. The van der Waals surface area contributed by atoms with Crippen LogP contribution < -0.4 is 0 Å². The molecule has 0 bridgehead atoms. The highest BCUT2D eigenvalue weighted by Gasteiger charge is 2.21. The lowest BCUT2D eigenvalue weighted by Crippen LogP contribution is -2.00. The normalized spacial score (nSPS) is 19.0. The van der Waals surface area contributed by atoms with Crippen LogP contribution in [0, 0.1) is 0 Å². The van der Waals surface area contributed by atoms with Crippen LogP contribution >= 0.6 is 0 Å². The Morgan fingerprint density at radius 2 is 2.17 bits per heavy atom. The maximum atomic E-state index is 10.1. The number of halogens is 2. The van der Waals surface area contributed by atoms with Gasteiger partial charge in [-0.05, 0) is 6.58 Å². The predicted molar refractivity (Wildman–Crippen MR) is 42.1 cm³/mol. The predicted octanol–water partition coefficient (Wildman–Crippen LogP) is 1.98. The second kappa shape index (κ2) is 6.94. The fraction of sp³-hybridized carbons (Fsp3) is 0.500. The summed E-state index contributed by atoms with van der Waals surface area (Å²) in [5, 5.41) is 0. The minimum absolute atomic E-state index is 0.384. The first-order valence-electron chi connectivity index (χ1n) is 3.47. The van der Waals surface area contributed by atoms with Gasteiger partial charge in [0.05, 0.1) is 19.8 Å². The van der Waals surface area contributed by atoms with Gasteiger partial charge >= 0.3 is 0 Å². The molecule has 0 radical (unpaired) electrons. The topological polar surface area (TPSA) is 21.8 Å². The van der Waals surface area contributed by atoms with Crippen molar-refractivity contribution in [1.29, 1.82) is 0 Å². The minimum Gasteiger partial charge on any atom is -0.375 e. The molecule has 1 rings (SSSR count). The molecule has 4 heteroatoms. The molecule has 1 saturated heterocycles. The van der Waals surface area contributed by atoms with Gasteiger partial charge in [0.1, 0.15) is 6.10 Å². The summed E-state index contributed by atoms with van der Waals surface area (Å²) in [4.78, 5) is 0. The van der Waals surface area contributed by atoms with Crippen molar-refractivity contribution in [2.75, 3.05) is 19.8 Å². The zero-order valence-electron chi connectivity index (χ0n) is 6.76. The van der Waals surface area contributed by atoms with E-state index in [2.05, 4.69) is 13.2 Å². The Hall–Kier alpha value is -0.740. The Balaban J connectivity index is 0.000000261. The molecule has 1 fully saturated rings. The summed E-state index contributed by atoms with van der Waals surface area (Å²) < 4.78 is 30.2. The van der Waals surface area contributed by atoms with Gasteiger partial charge in [0.25, 0.3) is 6.08 Å². The van der Waals surface area contributed by atoms with Crippen LogP contribution in [0.4, 0.5) is 8.78 Å². The van der Waals surface area contributed by atoms with E-state index in [1.165, 1.54) is 0 Å². The standard InChI is InChI=1S/C6H10O2.C2H2F2/c1-2-3-7-4-6-5-8-6;1-2(3)4/h2,6H,1,3-5H2;1H2. The third kappa shape index (κ3) is 12.0. The molecule has 0 aromatic rings. The van der Waals surface area contributed by atoms with Crippen LogP contribution in [0.2, 0.25) is 0 Å². The Bertz CT molecular complexity index is 140. The van der Waals surface area contributed by atoms with Crippen molar-refractivity contribution in [2.45, 2.75) is 6.10 Å². The van der Waals surface area contributed by atoms with E-state index >= 15 is 0 Å². The van der Waals surface area contributed by atoms with Crippen LogP contribution in [0.5, 0.6) is 0 Å². The molecule has 0 amide bonds. The average molecular weight is 178 g/mol. The maximum absolute atomic E-state index is 10.1. The van der Waals surface area contributed by atoms with Crippen molar-refractivity contribution in [2.24, 2.45) is 0 Å². The smallest absolute Gasteiger partial charge is 0.263 e. The third-order valence-electron chi connectivity index (χ3n) is 0.942. The lowest BCUT2D eigenvalue weighted by molar-refractivity contribution is 0.141. The fourth-order valence-electron chi connectivity index (χ4n) is 0.447. The second-order valence-electron chi connectivity index (χ2n) is 2.12. The molecule has 1 heterocycles. The lowest BCUT2D eigenvalue weighted by atomic mass is 10.5. The molecule has 1 aliphatic rings. The monoisotopic (exact) mass is 178 g/mol. The first-order chi connectivity index (χ1) is 5.66. The maximum Gasteiger partial charge on any atom is 0.263 e. The van der Waals surface area contributed by atoms with E-state index in [9.17, 15) is 8.78 Å². The quantitative estimate of drug-likeness (QED) is 0.373. The number of hydrogen-bond donors (Lipinski definition) is 0. The summed E-state index contributed by atoms with van der Waals surface area (Å²) >= 11 is 0. The summed E-state index contributed by atoms with van der Waals surface area (Å²) in [6.45, 7) is 7.97. The van der Waals surface area contributed by atoms with Gasteiger partial charge in [0.15, 0.2) is 0 Å². The Labute approximate surface area is 70.5 Å². The molecule has 1 atom stereocenters. The minimum atomic E-state index is -1.83. The zero-order chi connectivity index (χ0) is 9.40. The summed E-state index contributed by atoms with van der Waals surface area (Å²) in [6, 6.07) is 0. The molecule has 1 unspecified atom stereocenters. The number of rotatable bonds is 4. The molecule has 1 aliphatic heterocycles. The van der Waals surface area contributed by atoms with Crippen LogP contribution in [0.1, 0.15) is 0 Å². The van der Waals surface area contributed by atoms with Crippen LogP contribution in [0.15, 0.2) is 25.3 Å². The van der Waals surface area contributed by atoms with E-state index in [0.29, 0.717) is 12.7 Å². The van der Waals surface area contributed by atoms with Gasteiger partial charge in [0, 0.05) is 0 Å². The molecule has 70 valence electrons. The first kappa shape index (κ1) is 11.3. The van der Waals surface area contributed by atoms with Gasteiger partial charge in [-0.15, -0.1) is 6.58 Å². The van der Waals surface area contributed by atoms with Crippen LogP contribution in [0.25, 0.3) is 0 Å². The Morgan fingerprint density at radius 1 is 1.67 bits per heavy atom. The summed E-state index contributed by atoms with van der Waals surface area (Å²) in [6.07, 6.45) is 0.289. The third-order valence-corrected chi connectivity index (χ3v) is 0.942. The molecular weight excluding hydrogens is 166 g/mol. The highest BCUT2D eigenvalue weighted by molar-refractivity contribution is 4.70. The van der Waals surface area contributed by atoms with Crippen molar-refractivity contribution >= 4 is 0 Å². The summed E-state index contributed by atoms with van der Waals surface area (Å²) in [5.74, 6) is 0. The molecule has 0 N–H and O–H groups in total. The van der Waals surface area contributed by atoms with Gasteiger partial charge in [-0.2, -0.15) is 8.78 Å². The SMILES string of the molecule is C=C(F)F.C=CCOCC1CO1. The van der Waals surface area contributed by atoms with Crippen molar-refractivity contribution in [1.82, 2.24) is 0 Å². The van der Waals surface area contributed by atoms with Gasteiger partial charge in [-0.25, -0.2) is 0 Å². The summed E-state index contributed by atoms with van der Waals surface area (Å²) in [7, 11) is 0. The largest absolute Gasteiger partial charge is 0.375 e. The fourth-order valence-corrected chi connectivity index (χ4v) is 0.447. The van der Waals surface area contributed by atoms with Crippen LogP contribution in [-0.2, 0) is 9.47 Å². The van der Waals surface area contributed by atoms with E-state index < -0.39 is 6.08 Å². The molecule has 0 aromatic carbocycles. The van der Waals surface area contributed by atoms with Crippen molar-refractivity contribution in [3.63, 3.8) is 0 Å². The van der Waals surface area contributed by atoms with E-state index in [4.69, 9.17) is 9.47 Å². The average Bonchev–Trinajstić information content (AvgIpc) is 2.70.